The second kappa shape index (κ2) is 10.8. The highest BCUT2D eigenvalue weighted by atomic mass is 32.2. The van der Waals surface area contributed by atoms with Crippen LogP contribution in [0.4, 0.5) is 0 Å². The van der Waals surface area contributed by atoms with Crippen molar-refractivity contribution in [1.29, 1.82) is 0 Å². The molecule has 1 N–H and O–H groups in total. The molecule has 42 heavy (non-hydrogen) atoms. The molecular weight excluding hydrogens is 546 g/mol. The Morgan fingerprint density at radius 1 is 0.952 bits per heavy atom. The fourth-order valence-electron chi connectivity index (χ4n) is 8.20. The van der Waals surface area contributed by atoms with Crippen LogP contribution in [0.15, 0.2) is 54.6 Å². The Balaban J connectivity index is 1.61. The lowest BCUT2D eigenvalue weighted by Crippen LogP contribution is -2.60. The van der Waals surface area contributed by atoms with Gasteiger partial charge in [-0.05, 0) is 44.6 Å². The molecule has 0 bridgehead atoms. The Morgan fingerprint density at radius 2 is 1.62 bits per heavy atom. The molecule has 0 aromatic heterocycles. The largest absolute Gasteiger partial charge is 0.394 e. The van der Waals surface area contributed by atoms with Gasteiger partial charge in [-0.3, -0.25) is 14.4 Å². The van der Waals surface area contributed by atoms with Gasteiger partial charge in [-0.1, -0.05) is 82.3 Å². The summed E-state index contributed by atoms with van der Waals surface area (Å²) >= 11 is 1.60. The maximum Gasteiger partial charge on any atom is 0.247 e. The maximum absolute atomic E-state index is 14.8. The Kier molecular flexibility index (Phi) is 7.97. The monoisotopic (exact) mass is 593 g/mol. The zero-order valence-electron chi connectivity index (χ0n) is 26.2. The quantitative estimate of drug-likeness (QED) is 0.466. The first-order valence-corrected chi connectivity index (χ1v) is 16.1. The number of hydrogen-bond donors (Lipinski definition) is 1. The van der Waals surface area contributed by atoms with Gasteiger partial charge in [0.15, 0.2) is 0 Å². The second-order valence-corrected chi connectivity index (χ2v) is 16.3. The molecular formula is C34H47N3O4S. The van der Waals surface area contributed by atoms with Gasteiger partial charge in [0.25, 0.3) is 0 Å². The molecule has 6 atom stereocenters. The summed E-state index contributed by atoms with van der Waals surface area (Å²) in [6, 6.07) is 8.61. The summed E-state index contributed by atoms with van der Waals surface area (Å²) < 4.78 is -1.58. The SMILES string of the molecule is CC[C@@H](CO)N1C(=O)[C@@H]2[C@H]3C(=O)N(Cc4ccccc4)CC=C[C@@]3(C)S[C@@]23C=CCN(C(C)(C)CC(C)(C)C)C(=O)C13. The van der Waals surface area contributed by atoms with Gasteiger partial charge >= 0.3 is 0 Å². The number of fused-ring (bicyclic) bond motifs is 2. The van der Waals surface area contributed by atoms with Crippen molar-refractivity contribution in [3.8, 4) is 0 Å². The Labute approximate surface area is 255 Å². The van der Waals surface area contributed by atoms with Gasteiger partial charge < -0.3 is 19.8 Å². The van der Waals surface area contributed by atoms with Gasteiger partial charge in [-0.15, -0.1) is 11.8 Å². The van der Waals surface area contributed by atoms with Crippen molar-refractivity contribution < 1.29 is 19.5 Å². The lowest BCUT2D eigenvalue weighted by molar-refractivity contribution is -0.149. The molecule has 4 aliphatic heterocycles. The molecule has 0 saturated carbocycles. The summed E-state index contributed by atoms with van der Waals surface area (Å²) in [5.74, 6) is -1.69. The molecule has 0 aliphatic carbocycles. The summed E-state index contributed by atoms with van der Waals surface area (Å²) in [7, 11) is 0. The number of nitrogens with zero attached hydrogens (tertiary/aromatic N) is 3. The Morgan fingerprint density at radius 3 is 2.24 bits per heavy atom. The van der Waals surface area contributed by atoms with Gasteiger partial charge in [0.2, 0.25) is 17.7 Å². The second-order valence-electron chi connectivity index (χ2n) is 14.5. The maximum atomic E-state index is 14.8. The van der Waals surface area contributed by atoms with Crippen molar-refractivity contribution in [1.82, 2.24) is 14.7 Å². The number of aliphatic hydroxyl groups excluding tert-OH is 1. The number of benzene rings is 1. The van der Waals surface area contributed by atoms with Crippen LogP contribution in [0, 0.1) is 17.3 Å². The van der Waals surface area contributed by atoms with Crippen molar-refractivity contribution in [3.63, 3.8) is 0 Å². The number of likely N-dealkylation sites (tertiary alicyclic amines) is 1. The fourth-order valence-corrected chi connectivity index (χ4v) is 10.3. The highest BCUT2D eigenvalue weighted by Crippen LogP contribution is 2.66. The Bertz CT molecular complexity index is 1280. The van der Waals surface area contributed by atoms with Crippen LogP contribution in [0.1, 0.15) is 66.9 Å². The molecule has 1 spiro atoms. The topological polar surface area (TPSA) is 81.2 Å². The third-order valence-corrected chi connectivity index (χ3v) is 11.4. The molecule has 5 rings (SSSR count). The van der Waals surface area contributed by atoms with E-state index in [9.17, 15) is 19.5 Å². The minimum Gasteiger partial charge on any atom is -0.394 e. The van der Waals surface area contributed by atoms with E-state index in [1.807, 2.05) is 59.2 Å². The first-order valence-electron chi connectivity index (χ1n) is 15.3. The van der Waals surface area contributed by atoms with Crippen LogP contribution < -0.4 is 0 Å². The number of carbonyl (C=O) groups is 3. The fraction of sp³-hybridized carbons (Fsp3) is 0.618. The summed E-state index contributed by atoms with van der Waals surface area (Å²) in [6.45, 7) is 15.9. The number of carbonyl (C=O) groups excluding carboxylic acids is 3. The first kappa shape index (κ1) is 30.9. The summed E-state index contributed by atoms with van der Waals surface area (Å²) in [5.41, 5.74) is 0.566. The average molecular weight is 594 g/mol. The third-order valence-electron chi connectivity index (χ3n) is 9.56. The van der Waals surface area contributed by atoms with E-state index in [0.29, 0.717) is 26.1 Å². The van der Waals surface area contributed by atoms with Crippen molar-refractivity contribution in [2.75, 3.05) is 19.7 Å². The van der Waals surface area contributed by atoms with Crippen molar-refractivity contribution in [2.24, 2.45) is 17.3 Å². The molecule has 4 aliphatic rings. The minimum atomic E-state index is -0.918. The summed E-state index contributed by atoms with van der Waals surface area (Å²) in [6.07, 6.45) is 9.57. The van der Waals surface area contributed by atoms with Crippen LogP contribution >= 0.6 is 11.8 Å². The number of hydrogen-bond acceptors (Lipinski definition) is 5. The summed E-state index contributed by atoms with van der Waals surface area (Å²) in [5, 5.41) is 10.4. The number of aliphatic hydroxyl groups is 1. The van der Waals surface area contributed by atoms with E-state index in [4.69, 9.17) is 0 Å². The first-order chi connectivity index (χ1) is 19.7. The summed E-state index contributed by atoms with van der Waals surface area (Å²) in [4.78, 5) is 49.4. The van der Waals surface area contributed by atoms with Gasteiger partial charge in [-0.2, -0.15) is 0 Å². The molecule has 7 nitrogen and oxygen atoms in total. The number of rotatable bonds is 7. The third kappa shape index (κ3) is 5.02. The highest BCUT2D eigenvalue weighted by Gasteiger charge is 2.74. The van der Waals surface area contributed by atoms with Crippen LogP contribution in [0.25, 0.3) is 0 Å². The van der Waals surface area contributed by atoms with E-state index in [-0.39, 0.29) is 29.7 Å². The highest BCUT2D eigenvalue weighted by molar-refractivity contribution is 8.02. The van der Waals surface area contributed by atoms with Crippen molar-refractivity contribution >= 4 is 29.5 Å². The molecule has 8 heteroatoms. The molecule has 1 unspecified atom stereocenters. The van der Waals surface area contributed by atoms with E-state index >= 15 is 0 Å². The van der Waals surface area contributed by atoms with Gasteiger partial charge in [0, 0.05) is 29.9 Å². The lowest BCUT2D eigenvalue weighted by atomic mass is 9.74. The van der Waals surface area contributed by atoms with E-state index in [0.717, 1.165) is 12.0 Å². The molecule has 4 heterocycles. The molecule has 1 aromatic carbocycles. The molecule has 2 saturated heterocycles. The van der Waals surface area contributed by atoms with Gasteiger partial charge in [0.1, 0.15) is 6.04 Å². The molecule has 0 radical (unpaired) electrons. The molecule has 3 amide bonds. The van der Waals surface area contributed by atoms with E-state index < -0.39 is 39.0 Å². The Hall–Kier alpha value is -2.58. The predicted molar refractivity (Wildman–Crippen MR) is 168 cm³/mol. The van der Waals surface area contributed by atoms with E-state index in [1.54, 1.807) is 16.7 Å². The van der Waals surface area contributed by atoms with Crippen LogP contribution in [0.2, 0.25) is 0 Å². The van der Waals surface area contributed by atoms with Gasteiger partial charge in [-0.25, -0.2) is 0 Å². The normalized spacial score (nSPS) is 32.0. The van der Waals surface area contributed by atoms with Crippen LogP contribution in [-0.2, 0) is 20.9 Å². The number of amides is 3. The van der Waals surface area contributed by atoms with Crippen molar-refractivity contribution in [2.45, 2.75) is 95.0 Å². The number of thioether (sulfide) groups is 1. The van der Waals surface area contributed by atoms with Crippen molar-refractivity contribution in [3.05, 3.63) is 60.2 Å². The van der Waals surface area contributed by atoms with E-state index in [2.05, 4.69) is 53.7 Å². The standard InChI is InChI=1S/C34H47N3O4S/c1-8-24(21-38)37-27-30(41)36(32(5,6)22-31(2,3)4)19-13-17-34(27)26(29(37)40)25-28(39)35(18-12-16-33(25,7)42-34)20-23-14-10-9-11-15-23/h9-17,24-27,38H,8,18-22H2,1-7H3/t24-,25-,26-,27?,33+,34-/m0/s1. The zero-order chi connectivity index (χ0) is 30.7. The molecule has 228 valence electrons. The minimum absolute atomic E-state index is 0.00946. The smallest absolute Gasteiger partial charge is 0.247 e. The zero-order valence-corrected chi connectivity index (χ0v) is 27.0. The molecule has 2 fully saturated rings. The van der Waals surface area contributed by atoms with E-state index in [1.165, 1.54) is 0 Å². The van der Waals surface area contributed by atoms with Crippen LogP contribution in [0.5, 0.6) is 0 Å². The predicted octanol–water partition coefficient (Wildman–Crippen LogP) is 4.66. The molecule has 1 aromatic rings. The average Bonchev–Trinajstić information content (AvgIpc) is 3.17. The lowest BCUT2D eigenvalue weighted by Gasteiger charge is -2.45. The van der Waals surface area contributed by atoms with Crippen LogP contribution in [-0.4, -0.2) is 84.3 Å². The van der Waals surface area contributed by atoms with Gasteiger partial charge in [0.05, 0.1) is 29.2 Å². The van der Waals surface area contributed by atoms with Crippen LogP contribution in [0.3, 0.4) is 0 Å².